The van der Waals surface area contributed by atoms with Crippen LogP contribution >= 0.6 is 0 Å². The van der Waals surface area contributed by atoms with Gasteiger partial charge in [-0.3, -0.25) is 0 Å². The molecular weight excluding hydrogens is 489 g/mol. The van der Waals surface area contributed by atoms with Crippen molar-refractivity contribution in [3.63, 3.8) is 0 Å². The van der Waals surface area contributed by atoms with Gasteiger partial charge in [-0.1, -0.05) is 35.4 Å². The van der Waals surface area contributed by atoms with Crippen molar-refractivity contribution in [1.82, 2.24) is 10.2 Å². The SMILES string of the molecule is CC(C)(c1ccc(S(=O)(=O)C=CC#N)cc1)c1nnc(Nc2ccccc2)o1.O=C(O)C(F)(F)F. The summed E-state index contributed by atoms with van der Waals surface area (Å²) >= 11 is 0. The Kier molecular flexibility index (Phi) is 8.38. The molecule has 3 rings (SSSR count). The lowest BCUT2D eigenvalue weighted by molar-refractivity contribution is -0.192. The molecule has 0 bridgehead atoms. The second-order valence-electron chi connectivity index (χ2n) is 7.33. The van der Waals surface area contributed by atoms with Crippen LogP contribution in [0.25, 0.3) is 0 Å². The highest BCUT2D eigenvalue weighted by atomic mass is 32.2. The van der Waals surface area contributed by atoms with Gasteiger partial charge >= 0.3 is 18.2 Å². The Morgan fingerprint density at radius 1 is 1.09 bits per heavy atom. The molecule has 184 valence electrons. The van der Waals surface area contributed by atoms with Crippen LogP contribution in [-0.4, -0.2) is 35.9 Å². The molecule has 0 spiro atoms. The van der Waals surface area contributed by atoms with Gasteiger partial charge in [0.15, 0.2) is 0 Å². The first-order chi connectivity index (χ1) is 16.3. The smallest absolute Gasteiger partial charge is 0.475 e. The molecule has 2 N–H and O–H groups in total. The van der Waals surface area contributed by atoms with Gasteiger partial charge < -0.3 is 14.8 Å². The minimum absolute atomic E-state index is 0.107. The zero-order chi connectivity index (χ0) is 26.3. The van der Waals surface area contributed by atoms with Crippen molar-refractivity contribution >= 4 is 27.5 Å². The molecule has 9 nitrogen and oxygen atoms in total. The third-order valence-electron chi connectivity index (χ3n) is 4.45. The van der Waals surface area contributed by atoms with Gasteiger partial charge in [-0.05, 0) is 43.7 Å². The molecular formula is C22H19F3N4O5S. The molecule has 13 heteroatoms. The normalized spacial score (nSPS) is 11.9. The molecule has 0 aliphatic carbocycles. The number of hydrogen-bond acceptors (Lipinski definition) is 8. The largest absolute Gasteiger partial charge is 0.490 e. The number of halogens is 3. The van der Waals surface area contributed by atoms with Crippen LogP contribution < -0.4 is 5.32 Å². The molecule has 35 heavy (non-hydrogen) atoms. The number of alkyl halides is 3. The van der Waals surface area contributed by atoms with E-state index in [1.165, 1.54) is 12.1 Å². The number of benzene rings is 2. The fourth-order valence-corrected chi connectivity index (χ4v) is 3.47. The van der Waals surface area contributed by atoms with Crippen LogP contribution in [0.3, 0.4) is 0 Å². The van der Waals surface area contributed by atoms with Gasteiger partial charge in [0.1, 0.15) is 0 Å². The van der Waals surface area contributed by atoms with Crippen molar-refractivity contribution < 1.29 is 35.9 Å². The highest BCUT2D eigenvalue weighted by Crippen LogP contribution is 2.32. The number of carboxylic acids is 1. The molecule has 1 aromatic heterocycles. The molecule has 0 radical (unpaired) electrons. The Morgan fingerprint density at radius 2 is 1.66 bits per heavy atom. The lowest BCUT2D eigenvalue weighted by Gasteiger charge is -2.20. The Hall–Kier alpha value is -4.18. The van der Waals surface area contributed by atoms with Crippen LogP contribution in [0.1, 0.15) is 25.3 Å². The van der Waals surface area contributed by atoms with Crippen LogP contribution in [-0.2, 0) is 20.0 Å². The highest BCUT2D eigenvalue weighted by Gasteiger charge is 2.38. The number of rotatable bonds is 6. The molecule has 0 aliphatic rings. The first-order valence-electron chi connectivity index (χ1n) is 9.65. The number of nitriles is 1. The molecule has 0 aliphatic heterocycles. The number of sulfone groups is 1. The Labute approximate surface area is 198 Å². The quantitative estimate of drug-likeness (QED) is 0.457. The van der Waals surface area contributed by atoms with Gasteiger partial charge in [0, 0.05) is 17.2 Å². The van der Waals surface area contributed by atoms with E-state index in [-0.39, 0.29) is 10.9 Å². The number of aromatic nitrogens is 2. The zero-order valence-electron chi connectivity index (χ0n) is 18.3. The Bertz CT molecular complexity index is 1330. The lowest BCUT2D eigenvalue weighted by atomic mass is 9.85. The van der Waals surface area contributed by atoms with Crippen molar-refractivity contribution in [2.75, 3.05) is 5.32 Å². The highest BCUT2D eigenvalue weighted by molar-refractivity contribution is 7.94. The molecule has 0 saturated carbocycles. The van der Waals surface area contributed by atoms with E-state index in [0.29, 0.717) is 5.89 Å². The number of hydrogen-bond donors (Lipinski definition) is 2. The number of carboxylic acid groups (broad SMARTS) is 1. The lowest BCUT2D eigenvalue weighted by Crippen LogP contribution is -2.21. The summed E-state index contributed by atoms with van der Waals surface area (Å²) in [6, 6.07) is 17.8. The van der Waals surface area contributed by atoms with Crippen LogP contribution in [0.5, 0.6) is 0 Å². The predicted molar refractivity (Wildman–Crippen MR) is 118 cm³/mol. The van der Waals surface area contributed by atoms with E-state index in [2.05, 4.69) is 15.5 Å². The van der Waals surface area contributed by atoms with Crippen molar-refractivity contribution in [3.05, 3.63) is 77.5 Å². The number of anilines is 2. The summed E-state index contributed by atoms with van der Waals surface area (Å²) in [5.74, 6) is -2.36. The average Bonchev–Trinajstić information content (AvgIpc) is 3.28. The van der Waals surface area contributed by atoms with E-state index >= 15 is 0 Å². The van der Waals surface area contributed by atoms with Crippen molar-refractivity contribution in [1.29, 1.82) is 5.26 Å². The third-order valence-corrected chi connectivity index (χ3v) is 5.88. The third kappa shape index (κ3) is 7.41. The molecule has 1 heterocycles. The first kappa shape index (κ1) is 27.1. The van der Waals surface area contributed by atoms with Gasteiger partial charge in [0.25, 0.3) is 0 Å². The maximum atomic E-state index is 12.1. The number of allylic oxidation sites excluding steroid dienone is 1. The summed E-state index contributed by atoms with van der Waals surface area (Å²) in [7, 11) is -3.64. The minimum atomic E-state index is -5.08. The molecule has 0 fully saturated rings. The van der Waals surface area contributed by atoms with Crippen LogP contribution in [0.15, 0.2) is 75.4 Å². The monoisotopic (exact) mass is 508 g/mol. The van der Waals surface area contributed by atoms with Crippen molar-refractivity contribution in [2.24, 2.45) is 0 Å². The number of para-hydroxylation sites is 1. The fraction of sp³-hybridized carbons (Fsp3) is 0.182. The number of nitrogens with zero attached hydrogens (tertiary/aromatic N) is 3. The van der Waals surface area contributed by atoms with E-state index in [1.807, 2.05) is 44.2 Å². The second kappa shape index (κ2) is 10.8. The summed E-state index contributed by atoms with van der Waals surface area (Å²) in [4.78, 5) is 9.00. The van der Waals surface area contributed by atoms with Crippen LogP contribution in [0.2, 0.25) is 0 Å². The standard InChI is InChI=1S/C20H18N4O3S.C2HF3O2/c1-20(2,15-9-11-17(12-10-15)28(25,26)14-6-13-21)18-23-24-19(27-18)22-16-7-4-3-5-8-16;3-2(4,5)1(6)7/h3-12,14H,1-2H3,(H,22,24);(H,6,7). The number of aliphatic carboxylic acids is 1. The second-order valence-corrected chi connectivity index (χ2v) is 9.17. The average molecular weight is 508 g/mol. The van der Waals surface area contributed by atoms with E-state index < -0.39 is 27.4 Å². The first-order valence-corrected chi connectivity index (χ1v) is 11.2. The van der Waals surface area contributed by atoms with E-state index in [4.69, 9.17) is 19.6 Å². The molecule has 3 aromatic rings. The van der Waals surface area contributed by atoms with Gasteiger partial charge in [0.2, 0.25) is 15.7 Å². The maximum absolute atomic E-state index is 12.1. The van der Waals surface area contributed by atoms with Crippen LogP contribution in [0, 0.1) is 11.3 Å². The van der Waals surface area contributed by atoms with Crippen LogP contribution in [0.4, 0.5) is 24.9 Å². The Morgan fingerprint density at radius 3 is 2.17 bits per heavy atom. The number of carbonyl (C=O) groups is 1. The molecule has 0 unspecified atom stereocenters. The van der Waals surface area contributed by atoms with E-state index in [9.17, 15) is 21.6 Å². The van der Waals surface area contributed by atoms with Gasteiger partial charge in [-0.25, -0.2) is 13.2 Å². The topological polar surface area (TPSA) is 146 Å². The Balaban J connectivity index is 0.000000540. The molecule has 0 atom stereocenters. The summed E-state index contributed by atoms with van der Waals surface area (Å²) in [5, 5.41) is 27.7. The number of nitrogens with one attached hydrogen (secondary N) is 1. The van der Waals surface area contributed by atoms with E-state index in [0.717, 1.165) is 22.7 Å². The molecule has 2 aromatic carbocycles. The van der Waals surface area contributed by atoms with Crippen molar-refractivity contribution in [3.8, 4) is 6.07 Å². The van der Waals surface area contributed by atoms with E-state index in [1.54, 1.807) is 18.2 Å². The molecule has 0 amide bonds. The fourth-order valence-electron chi connectivity index (χ4n) is 2.55. The predicted octanol–water partition coefficient (Wildman–Crippen LogP) is 4.58. The van der Waals surface area contributed by atoms with Crippen molar-refractivity contribution in [2.45, 2.75) is 30.3 Å². The van der Waals surface area contributed by atoms with Gasteiger partial charge in [-0.2, -0.15) is 18.4 Å². The summed E-state index contributed by atoms with van der Waals surface area (Å²) < 4.78 is 61.7. The maximum Gasteiger partial charge on any atom is 0.490 e. The van der Waals surface area contributed by atoms with Gasteiger partial charge in [0.05, 0.1) is 16.4 Å². The van der Waals surface area contributed by atoms with Gasteiger partial charge in [-0.15, -0.1) is 5.10 Å². The summed E-state index contributed by atoms with van der Waals surface area (Å²) in [6.45, 7) is 3.82. The summed E-state index contributed by atoms with van der Waals surface area (Å²) in [5.41, 5.74) is 1.01. The summed E-state index contributed by atoms with van der Waals surface area (Å²) in [6.07, 6.45) is -4.15. The zero-order valence-corrected chi connectivity index (χ0v) is 19.1. The minimum Gasteiger partial charge on any atom is -0.475 e. The molecule has 0 saturated heterocycles.